The predicted octanol–water partition coefficient (Wildman–Crippen LogP) is -0.481. The minimum absolute atomic E-state index is 0.180. The van der Waals surface area contributed by atoms with Crippen LogP contribution in [-0.2, 0) is 28.7 Å². The maximum atomic E-state index is 12.2. The number of carbonyl (C=O) groups is 4. The molecular weight excluding hydrogens is 312 g/mol. The van der Waals surface area contributed by atoms with E-state index in [9.17, 15) is 19.2 Å². The zero-order valence-electron chi connectivity index (χ0n) is 13.0. The number of methoxy groups -OCH3 is 1. The van der Waals surface area contributed by atoms with Gasteiger partial charge < -0.3 is 19.7 Å². The van der Waals surface area contributed by atoms with Crippen molar-refractivity contribution >= 4 is 35.5 Å². The van der Waals surface area contributed by atoms with E-state index in [0.717, 1.165) is 11.8 Å². The number of hydrogen-bond acceptors (Lipinski definition) is 7. The number of carbonyl (C=O) groups excluding carboxylic acids is 4. The van der Waals surface area contributed by atoms with E-state index in [1.165, 1.54) is 18.9 Å². The normalized spacial score (nSPS) is 23.8. The number of esters is 2. The third kappa shape index (κ3) is 3.70. The van der Waals surface area contributed by atoms with E-state index in [-0.39, 0.29) is 18.9 Å². The van der Waals surface area contributed by atoms with Crippen LogP contribution in [0.3, 0.4) is 0 Å². The summed E-state index contributed by atoms with van der Waals surface area (Å²) in [6.07, 6.45) is 0. The summed E-state index contributed by atoms with van der Waals surface area (Å²) in [7, 11) is 1.21. The van der Waals surface area contributed by atoms with Crippen LogP contribution in [0.15, 0.2) is 0 Å². The lowest BCUT2D eigenvalue weighted by Gasteiger charge is -2.33. The molecule has 0 radical (unpaired) electrons. The third-order valence-corrected chi connectivity index (χ3v) is 4.63. The van der Waals surface area contributed by atoms with E-state index in [1.807, 2.05) is 0 Å². The molecule has 0 spiro atoms. The lowest BCUT2D eigenvalue weighted by Crippen LogP contribution is -2.57. The van der Waals surface area contributed by atoms with E-state index < -0.39 is 34.7 Å². The third-order valence-electron chi connectivity index (χ3n) is 3.22. The van der Waals surface area contributed by atoms with Crippen LogP contribution in [0.5, 0.6) is 0 Å². The van der Waals surface area contributed by atoms with Gasteiger partial charge in [-0.15, -0.1) is 11.8 Å². The van der Waals surface area contributed by atoms with Crippen molar-refractivity contribution in [3.8, 4) is 0 Å². The quantitative estimate of drug-likeness (QED) is 0.678. The maximum absolute atomic E-state index is 12.2. The van der Waals surface area contributed by atoms with Gasteiger partial charge in [-0.05, 0) is 13.8 Å². The van der Waals surface area contributed by atoms with Gasteiger partial charge in [-0.2, -0.15) is 0 Å². The number of nitrogens with one attached hydrogen (secondary N) is 1. The van der Waals surface area contributed by atoms with Gasteiger partial charge in [-0.25, -0.2) is 4.79 Å². The van der Waals surface area contributed by atoms with Crippen molar-refractivity contribution in [2.45, 2.75) is 31.7 Å². The van der Waals surface area contributed by atoms with Gasteiger partial charge in [0.1, 0.15) is 12.6 Å². The largest absolute Gasteiger partial charge is 0.468 e. The van der Waals surface area contributed by atoms with Gasteiger partial charge in [0.2, 0.25) is 11.8 Å². The average molecular weight is 332 g/mol. The summed E-state index contributed by atoms with van der Waals surface area (Å²) in [5.74, 6) is -1.86. The molecule has 0 bridgehead atoms. The molecule has 1 aliphatic heterocycles. The van der Waals surface area contributed by atoms with E-state index in [4.69, 9.17) is 4.74 Å². The maximum Gasteiger partial charge on any atom is 0.342 e. The molecule has 1 saturated heterocycles. The molecule has 1 heterocycles. The Balaban J connectivity index is 2.89. The molecule has 9 heteroatoms. The highest BCUT2D eigenvalue weighted by molar-refractivity contribution is 8.01. The summed E-state index contributed by atoms with van der Waals surface area (Å²) in [4.78, 5) is 47.2. The number of thioether (sulfide) groups is 1. The van der Waals surface area contributed by atoms with Crippen LogP contribution in [0.1, 0.15) is 20.8 Å². The van der Waals surface area contributed by atoms with Crippen LogP contribution < -0.4 is 5.32 Å². The average Bonchev–Trinajstić information content (AvgIpc) is 2.83. The highest BCUT2D eigenvalue weighted by Gasteiger charge is 2.53. The van der Waals surface area contributed by atoms with Gasteiger partial charge in [0.25, 0.3) is 0 Å². The predicted molar refractivity (Wildman–Crippen MR) is 78.8 cm³/mol. The Kier molecular flexibility index (Phi) is 6.21. The molecule has 2 unspecified atom stereocenters. The van der Waals surface area contributed by atoms with E-state index in [0.29, 0.717) is 0 Å². The molecule has 2 atom stereocenters. The Bertz CT molecular complexity index is 483. The Morgan fingerprint density at radius 3 is 2.50 bits per heavy atom. The van der Waals surface area contributed by atoms with Gasteiger partial charge in [0.05, 0.1) is 13.7 Å². The summed E-state index contributed by atoms with van der Waals surface area (Å²) in [6, 6.07) is -0.846. The van der Waals surface area contributed by atoms with Crippen molar-refractivity contribution < 1.29 is 28.7 Å². The van der Waals surface area contributed by atoms with Crippen LogP contribution >= 0.6 is 11.8 Å². The van der Waals surface area contributed by atoms with Crippen LogP contribution in [0.4, 0.5) is 0 Å². The summed E-state index contributed by atoms with van der Waals surface area (Å²) in [6.45, 7) is 4.38. The molecule has 0 aromatic carbocycles. The van der Waals surface area contributed by atoms with Gasteiger partial charge >= 0.3 is 11.9 Å². The van der Waals surface area contributed by atoms with Crippen LogP contribution in [-0.4, -0.2) is 65.6 Å². The molecule has 1 N–H and O–H groups in total. The number of ether oxygens (including phenoxy) is 2. The highest BCUT2D eigenvalue weighted by Crippen LogP contribution is 2.40. The van der Waals surface area contributed by atoms with Crippen molar-refractivity contribution in [1.82, 2.24) is 10.2 Å². The molecule has 8 nitrogen and oxygen atoms in total. The summed E-state index contributed by atoms with van der Waals surface area (Å²) < 4.78 is 9.43. The number of amides is 2. The Hall–Kier alpha value is -1.77. The first-order valence-corrected chi connectivity index (χ1v) is 7.72. The minimum Gasteiger partial charge on any atom is -0.468 e. The molecule has 22 heavy (non-hydrogen) atoms. The highest BCUT2D eigenvalue weighted by atomic mass is 32.2. The lowest BCUT2D eigenvalue weighted by atomic mass is 10.2. The van der Waals surface area contributed by atoms with Crippen LogP contribution in [0, 0.1) is 0 Å². The molecule has 2 amide bonds. The molecule has 1 fully saturated rings. The fourth-order valence-electron chi connectivity index (χ4n) is 2.17. The second-order valence-electron chi connectivity index (χ2n) is 4.71. The molecular formula is C13H20N2O6S. The minimum atomic E-state index is -1.25. The lowest BCUT2D eigenvalue weighted by molar-refractivity contribution is -0.158. The zero-order valence-corrected chi connectivity index (χ0v) is 13.8. The molecule has 0 aromatic heterocycles. The standard InChI is InChI=1S/C13H20N2O6S/c1-5-21-12(19)13(3)15(8(2)16)9(7-22-13)11(18)14-6-10(17)20-4/h9H,5-7H2,1-4H3,(H,14,18). The van der Waals surface area contributed by atoms with Crippen molar-refractivity contribution in [3.63, 3.8) is 0 Å². The van der Waals surface area contributed by atoms with E-state index in [1.54, 1.807) is 13.8 Å². The van der Waals surface area contributed by atoms with Crippen LogP contribution in [0.25, 0.3) is 0 Å². The van der Waals surface area contributed by atoms with Crippen LogP contribution in [0.2, 0.25) is 0 Å². The molecule has 0 aromatic rings. The number of hydrogen-bond donors (Lipinski definition) is 1. The van der Waals surface area contributed by atoms with Gasteiger partial charge in [0.15, 0.2) is 4.87 Å². The first kappa shape index (κ1) is 18.3. The van der Waals surface area contributed by atoms with Crippen molar-refractivity contribution in [2.75, 3.05) is 26.0 Å². The monoisotopic (exact) mass is 332 g/mol. The van der Waals surface area contributed by atoms with Crippen molar-refractivity contribution in [1.29, 1.82) is 0 Å². The topological polar surface area (TPSA) is 102 Å². The van der Waals surface area contributed by atoms with Crippen molar-refractivity contribution in [3.05, 3.63) is 0 Å². The fourth-order valence-corrected chi connectivity index (χ4v) is 3.52. The molecule has 1 aliphatic rings. The molecule has 124 valence electrons. The second-order valence-corrected chi connectivity index (χ2v) is 6.13. The Morgan fingerprint density at radius 2 is 2.00 bits per heavy atom. The molecule has 0 saturated carbocycles. The number of rotatable bonds is 5. The van der Waals surface area contributed by atoms with E-state index >= 15 is 0 Å². The van der Waals surface area contributed by atoms with Gasteiger partial charge in [-0.3, -0.25) is 14.4 Å². The summed E-state index contributed by atoms with van der Waals surface area (Å²) in [5.41, 5.74) is 0. The van der Waals surface area contributed by atoms with Gasteiger partial charge in [-0.1, -0.05) is 0 Å². The fraction of sp³-hybridized carbons (Fsp3) is 0.692. The first-order valence-electron chi connectivity index (χ1n) is 6.73. The number of nitrogens with zero attached hydrogens (tertiary/aromatic N) is 1. The SMILES string of the molecule is CCOC(=O)C1(C)SCC(C(=O)NCC(=O)OC)N1C(C)=O. The van der Waals surface area contributed by atoms with E-state index in [2.05, 4.69) is 10.1 Å². The molecule has 0 aliphatic carbocycles. The zero-order chi connectivity index (χ0) is 16.9. The Labute approximate surface area is 132 Å². The summed E-state index contributed by atoms with van der Waals surface area (Å²) >= 11 is 1.16. The smallest absolute Gasteiger partial charge is 0.342 e. The van der Waals surface area contributed by atoms with Crippen molar-refractivity contribution in [2.24, 2.45) is 0 Å². The van der Waals surface area contributed by atoms with Gasteiger partial charge in [0, 0.05) is 12.7 Å². The molecule has 1 rings (SSSR count). The Morgan fingerprint density at radius 1 is 1.36 bits per heavy atom. The summed E-state index contributed by atoms with van der Waals surface area (Å²) in [5, 5.41) is 2.40. The first-order chi connectivity index (χ1) is 10.3. The second kappa shape index (κ2) is 7.48.